The first-order valence-electron chi connectivity index (χ1n) is 7.14. The molecule has 0 fully saturated rings. The van der Waals surface area contributed by atoms with Gasteiger partial charge in [-0.25, -0.2) is 4.98 Å². The zero-order valence-electron chi connectivity index (χ0n) is 12.2. The zero-order chi connectivity index (χ0) is 13.9. The van der Waals surface area contributed by atoms with Gasteiger partial charge in [-0.05, 0) is 20.2 Å². The third kappa shape index (κ3) is 2.94. The number of rotatable bonds is 4. The molecule has 0 spiro atoms. The summed E-state index contributed by atoms with van der Waals surface area (Å²) in [4.78, 5) is 9.26. The van der Waals surface area contributed by atoms with Gasteiger partial charge in [-0.2, -0.15) is 0 Å². The number of imidazole rings is 1. The Hall–Kier alpha value is -1.59. The standard InChI is InChI=1S/C15H22N4O/c1-17(2)11-14-9-16-15-3-5-18(6-7-19(14)15)10-13-4-8-20-12-13/h4,8-9,12H,3,5-7,10-11H2,1-2H3. The highest BCUT2D eigenvalue weighted by molar-refractivity contribution is 5.09. The number of hydrogen-bond donors (Lipinski definition) is 0. The van der Waals surface area contributed by atoms with E-state index in [1.165, 1.54) is 17.1 Å². The number of nitrogens with zero attached hydrogens (tertiary/aromatic N) is 4. The quantitative estimate of drug-likeness (QED) is 0.848. The van der Waals surface area contributed by atoms with Crippen molar-refractivity contribution in [3.05, 3.63) is 41.9 Å². The van der Waals surface area contributed by atoms with Crippen LogP contribution >= 0.6 is 0 Å². The highest BCUT2D eigenvalue weighted by Gasteiger charge is 2.17. The van der Waals surface area contributed by atoms with Crippen LogP contribution in [0, 0.1) is 0 Å². The Labute approximate surface area is 119 Å². The number of fused-ring (bicyclic) bond motifs is 1. The molecule has 0 radical (unpaired) electrons. The lowest BCUT2D eigenvalue weighted by Gasteiger charge is -2.19. The van der Waals surface area contributed by atoms with Crippen LogP contribution in [-0.4, -0.2) is 46.5 Å². The maximum Gasteiger partial charge on any atom is 0.110 e. The van der Waals surface area contributed by atoms with Crippen LogP contribution in [-0.2, 0) is 26.1 Å². The van der Waals surface area contributed by atoms with Crippen LogP contribution in [0.1, 0.15) is 17.1 Å². The molecule has 3 heterocycles. The van der Waals surface area contributed by atoms with Crippen LogP contribution in [0.4, 0.5) is 0 Å². The van der Waals surface area contributed by atoms with E-state index in [-0.39, 0.29) is 0 Å². The summed E-state index contributed by atoms with van der Waals surface area (Å²) in [6.45, 7) is 5.06. The molecule has 108 valence electrons. The molecule has 20 heavy (non-hydrogen) atoms. The maximum absolute atomic E-state index is 5.15. The van der Waals surface area contributed by atoms with Gasteiger partial charge in [0.1, 0.15) is 5.82 Å². The zero-order valence-corrected chi connectivity index (χ0v) is 12.2. The highest BCUT2D eigenvalue weighted by Crippen LogP contribution is 2.14. The van der Waals surface area contributed by atoms with E-state index in [9.17, 15) is 0 Å². The number of aromatic nitrogens is 2. The second-order valence-electron chi connectivity index (χ2n) is 5.71. The first kappa shape index (κ1) is 13.4. The minimum Gasteiger partial charge on any atom is -0.472 e. The minimum absolute atomic E-state index is 0.953. The Bertz CT molecular complexity index is 544. The smallest absolute Gasteiger partial charge is 0.110 e. The summed E-state index contributed by atoms with van der Waals surface area (Å²) in [7, 11) is 4.20. The molecule has 3 rings (SSSR count). The van der Waals surface area contributed by atoms with E-state index in [0.29, 0.717) is 0 Å². The van der Waals surface area contributed by atoms with Gasteiger partial charge in [0.2, 0.25) is 0 Å². The average molecular weight is 274 g/mol. The van der Waals surface area contributed by atoms with Gasteiger partial charge in [0.25, 0.3) is 0 Å². The van der Waals surface area contributed by atoms with Crippen molar-refractivity contribution in [3.8, 4) is 0 Å². The molecule has 0 amide bonds. The Kier molecular flexibility index (Phi) is 3.89. The van der Waals surface area contributed by atoms with Crippen LogP contribution in [0.15, 0.2) is 29.2 Å². The van der Waals surface area contributed by atoms with Gasteiger partial charge in [0, 0.05) is 50.9 Å². The molecule has 2 aromatic rings. The fourth-order valence-electron chi connectivity index (χ4n) is 2.79. The largest absolute Gasteiger partial charge is 0.472 e. The molecule has 0 N–H and O–H groups in total. The average Bonchev–Trinajstić information content (AvgIpc) is 2.98. The summed E-state index contributed by atoms with van der Waals surface area (Å²) in [5, 5.41) is 0. The molecule has 0 unspecified atom stereocenters. The van der Waals surface area contributed by atoms with Crippen molar-refractivity contribution < 1.29 is 4.42 Å². The predicted octanol–water partition coefficient (Wildman–Crippen LogP) is 1.60. The third-order valence-electron chi connectivity index (χ3n) is 3.78. The molecular weight excluding hydrogens is 252 g/mol. The van der Waals surface area contributed by atoms with Gasteiger partial charge in [-0.3, -0.25) is 4.90 Å². The normalized spacial score (nSPS) is 16.4. The van der Waals surface area contributed by atoms with Gasteiger partial charge in [-0.15, -0.1) is 0 Å². The molecule has 0 bridgehead atoms. The van der Waals surface area contributed by atoms with Gasteiger partial charge in [0.15, 0.2) is 0 Å². The molecule has 0 aliphatic carbocycles. The van der Waals surface area contributed by atoms with E-state index in [0.717, 1.165) is 39.1 Å². The molecule has 5 nitrogen and oxygen atoms in total. The van der Waals surface area contributed by atoms with Crippen molar-refractivity contribution >= 4 is 0 Å². The second kappa shape index (κ2) is 5.81. The number of hydrogen-bond acceptors (Lipinski definition) is 4. The van der Waals surface area contributed by atoms with Gasteiger partial charge in [0.05, 0.1) is 18.2 Å². The first-order valence-corrected chi connectivity index (χ1v) is 7.14. The molecule has 1 aliphatic heterocycles. The van der Waals surface area contributed by atoms with Crippen molar-refractivity contribution in [1.29, 1.82) is 0 Å². The third-order valence-corrected chi connectivity index (χ3v) is 3.78. The SMILES string of the molecule is CN(C)Cc1cnc2n1CCN(Cc1ccoc1)CC2. The fourth-order valence-corrected chi connectivity index (χ4v) is 2.79. The molecule has 0 aromatic carbocycles. The van der Waals surface area contributed by atoms with E-state index in [4.69, 9.17) is 4.42 Å². The molecule has 2 aromatic heterocycles. The molecule has 5 heteroatoms. The predicted molar refractivity (Wildman–Crippen MR) is 77.3 cm³/mol. The summed E-state index contributed by atoms with van der Waals surface area (Å²) in [5.41, 5.74) is 2.56. The molecule has 0 saturated carbocycles. The van der Waals surface area contributed by atoms with Gasteiger partial charge >= 0.3 is 0 Å². The Balaban J connectivity index is 1.67. The van der Waals surface area contributed by atoms with Crippen molar-refractivity contribution in [2.75, 3.05) is 27.2 Å². The van der Waals surface area contributed by atoms with E-state index in [1.807, 2.05) is 18.5 Å². The van der Waals surface area contributed by atoms with Crippen LogP contribution in [0.25, 0.3) is 0 Å². The monoisotopic (exact) mass is 274 g/mol. The first-order chi connectivity index (χ1) is 9.72. The summed E-state index contributed by atoms with van der Waals surface area (Å²) in [5.74, 6) is 1.22. The van der Waals surface area contributed by atoms with Crippen LogP contribution in [0.3, 0.4) is 0 Å². The second-order valence-corrected chi connectivity index (χ2v) is 5.71. The van der Waals surface area contributed by atoms with E-state index < -0.39 is 0 Å². The summed E-state index contributed by atoms with van der Waals surface area (Å²) in [6, 6.07) is 2.04. The van der Waals surface area contributed by atoms with Crippen molar-refractivity contribution in [3.63, 3.8) is 0 Å². The van der Waals surface area contributed by atoms with Crippen molar-refractivity contribution in [2.24, 2.45) is 0 Å². The van der Waals surface area contributed by atoms with Crippen LogP contribution < -0.4 is 0 Å². The lowest BCUT2D eigenvalue weighted by Crippen LogP contribution is -2.26. The van der Waals surface area contributed by atoms with Gasteiger partial charge < -0.3 is 13.9 Å². The number of furan rings is 1. The molecule has 0 atom stereocenters. The van der Waals surface area contributed by atoms with Crippen LogP contribution in [0.5, 0.6) is 0 Å². The van der Waals surface area contributed by atoms with E-state index in [1.54, 1.807) is 6.26 Å². The molecule has 1 aliphatic rings. The Morgan fingerprint density at radius 2 is 2.20 bits per heavy atom. The Morgan fingerprint density at radius 3 is 2.95 bits per heavy atom. The van der Waals surface area contributed by atoms with Crippen molar-refractivity contribution in [1.82, 2.24) is 19.4 Å². The lowest BCUT2D eigenvalue weighted by molar-refractivity contribution is 0.269. The van der Waals surface area contributed by atoms with Gasteiger partial charge in [-0.1, -0.05) is 0 Å². The summed E-state index contributed by atoms with van der Waals surface area (Å²) < 4.78 is 7.53. The fraction of sp³-hybridized carbons (Fsp3) is 0.533. The molecule has 0 saturated heterocycles. The maximum atomic E-state index is 5.15. The summed E-state index contributed by atoms with van der Waals surface area (Å²) >= 11 is 0. The highest BCUT2D eigenvalue weighted by atomic mass is 16.3. The van der Waals surface area contributed by atoms with E-state index >= 15 is 0 Å². The van der Waals surface area contributed by atoms with Crippen molar-refractivity contribution in [2.45, 2.75) is 26.1 Å². The lowest BCUT2D eigenvalue weighted by atomic mass is 10.3. The van der Waals surface area contributed by atoms with Crippen LogP contribution in [0.2, 0.25) is 0 Å². The Morgan fingerprint density at radius 1 is 1.30 bits per heavy atom. The molecular formula is C15H22N4O. The topological polar surface area (TPSA) is 37.4 Å². The summed E-state index contributed by atoms with van der Waals surface area (Å²) in [6.07, 6.45) is 6.63. The van der Waals surface area contributed by atoms with E-state index in [2.05, 4.69) is 33.4 Å². The minimum atomic E-state index is 0.953.